The van der Waals surface area contributed by atoms with E-state index in [1.165, 1.54) is 12.1 Å². The van der Waals surface area contributed by atoms with Crippen LogP contribution in [0.1, 0.15) is 6.42 Å². The molecule has 0 saturated heterocycles. The second-order valence-corrected chi connectivity index (χ2v) is 4.38. The van der Waals surface area contributed by atoms with Crippen LogP contribution in [0.2, 0.25) is 0 Å². The number of methoxy groups -OCH3 is 1. The Hall–Kier alpha value is -1.66. The SMILES string of the molecule is COCCNC(=O)CN(CCCN)c1ccc(F)cc1. The molecule has 112 valence electrons. The van der Waals surface area contributed by atoms with Crippen LogP contribution in [0.3, 0.4) is 0 Å². The van der Waals surface area contributed by atoms with Crippen LogP contribution in [0, 0.1) is 5.82 Å². The monoisotopic (exact) mass is 283 g/mol. The third-order valence-corrected chi connectivity index (χ3v) is 2.79. The van der Waals surface area contributed by atoms with Crippen molar-refractivity contribution in [2.75, 3.05) is 44.8 Å². The topological polar surface area (TPSA) is 67.6 Å². The van der Waals surface area contributed by atoms with Crippen LogP contribution in [-0.2, 0) is 9.53 Å². The molecule has 5 nitrogen and oxygen atoms in total. The Morgan fingerprint density at radius 2 is 2.10 bits per heavy atom. The van der Waals surface area contributed by atoms with Crippen molar-refractivity contribution in [3.05, 3.63) is 30.1 Å². The third kappa shape index (κ3) is 5.99. The number of benzene rings is 1. The zero-order chi connectivity index (χ0) is 14.8. The quantitative estimate of drug-likeness (QED) is 0.656. The molecule has 0 unspecified atom stereocenters. The predicted molar refractivity (Wildman–Crippen MR) is 77.2 cm³/mol. The number of ether oxygens (including phenoxy) is 1. The minimum Gasteiger partial charge on any atom is -0.383 e. The number of rotatable bonds is 9. The van der Waals surface area contributed by atoms with E-state index in [1.807, 2.05) is 4.90 Å². The molecule has 3 N–H and O–H groups in total. The molecule has 0 fully saturated rings. The maximum atomic E-state index is 12.9. The molecule has 0 bridgehead atoms. The van der Waals surface area contributed by atoms with Crippen LogP contribution < -0.4 is 16.0 Å². The van der Waals surface area contributed by atoms with Gasteiger partial charge in [0.05, 0.1) is 13.2 Å². The van der Waals surface area contributed by atoms with Crippen molar-refractivity contribution >= 4 is 11.6 Å². The van der Waals surface area contributed by atoms with Crippen molar-refractivity contribution in [1.82, 2.24) is 5.32 Å². The van der Waals surface area contributed by atoms with Gasteiger partial charge >= 0.3 is 0 Å². The maximum Gasteiger partial charge on any atom is 0.239 e. The lowest BCUT2D eigenvalue weighted by atomic mass is 10.2. The Balaban J connectivity index is 2.59. The van der Waals surface area contributed by atoms with Gasteiger partial charge in [0.2, 0.25) is 5.91 Å². The van der Waals surface area contributed by atoms with Gasteiger partial charge in [-0.1, -0.05) is 0 Å². The summed E-state index contributed by atoms with van der Waals surface area (Å²) in [7, 11) is 1.58. The maximum absolute atomic E-state index is 12.9. The zero-order valence-electron chi connectivity index (χ0n) is 11.8. The minimum absolute atomic E-state index is 0.0941. The molecule has 0 aromatic heterocycles. The summed E-state index contributed by atoms with van der Waals surface area (Å²) in [4.78, 5) is 13.7. The van der Waals surface area contributed by atoms with E-state index in [9.17, 15) is 9.18 Å². The fourth-order valence-electron chi connectivity index (χ4n) is 1.76. The zero-order valence-corrected chi connectivity index (χ0v) is 11.8. The van der Waals surface area contributed by atoms with E-state index in [2.05, 4.69) is 5.32 Å². The average Bonchev–Trinajstić information content (AvgIpc) is 2.44. The Morgan fingerprint density at radius 1 is 1.40 bits per heavy atom. The molecular formula is C14H22FN3O2. The van der Waals surface area contributed by atoms with Gasteiger partial charge in [-0.3, -0.25) is 4.79 Å². The van der Waals surface area contributed by atoms with Crippen LogP contribution in [0.15, 0.2) is 24.3 Å². The highest BCUT2D eigenvalue weighted by molar-refractivity contribution is 5.81. The normalized spacial score (nSPS) is 10.3. The Labute approximate surface area is 118 Å². The van der Waals surface area contributed by atoms with Crippen molar-refractivity contribution < 1.29 is 13.9 Å². The predicted octanol–water partition coefficient (Wildman–Crippen LogP) is 0.743. The van der Waals surface area contributed by atoms with Gasteiger partial charge in [-0.15, -0.1) is 0 Å². The molecule has 1 amide bonds. The van der Waals surface area contributed by atoms with Crippen LogP contribution >= 0.6 is 0 Å². The highest BCUT2D eigenvalue weighted by atomic mass is 19.1. The summed E-state index contributed by atoms with van der Waals surface area (Å²) in [5.41, 5.74) is 6.31. The lowest BCUT2D eigenvalue weighted by Crippen LogP contribution is -2.39. The molecule has 1 aromatic rings. The van der Waals surface area contributed by atoms with Crippen LogP contribution in [0.5, 0.6) is 0 Å². The Morgan fingerprint density at radius 3 is 2.70 bits per heavy atom. The van der Waals surface area contributed by atoms with Gasteiger partial charge in [0.15, 0.2) is 0 Å². The second-order valence-electron chi connectivity index (χ2n) is 4.38. The van der Waals surface area contributed by atoms with Crippen LogP contribution in [0.25, 0.3) is 0 Å². The summed E-state index contributed by atoms with van der Waals surface area (Å²) in [5.74, 6) is -0.388. The van der Waals surface area contributed by atoms with E-state index in [0.29, 0.717) is 26.2 Å². The number of carbonyl (C=O) groups is 1. The molecule has 0 radical (unpaired) electrons. The molecule has 1 aromatic carbocycles. The van der Waals surface area contributed by atoms with E-state index in [0.717, 1.165) is 12.1 Å². The van der Waals surface area contributed by atoms with Crippen molar-refractivity contribution in [2.24, 2.45) is 5.73 Å². The van der Waals surface area contributed by atoms with E-state index < -0.39 is 0 Å². The second kappa shape index (κ2) is 9.28. The van der Waals surface area contributed by atoms with Gasteiger partial charge in [0.1, 0.15) is 5.82 Å². The number of halogens is 1. The molecule has 1 rings (SSSR count). The highest BCUT2D eigenvalue weighted by Gasteiger charge is 2.11. The Bertz CT molecular complexity index is 398. The van der Waals surface area contributed by atoms with E-state index in [-0.39, 0.29) is 18.3 Å². The van der Waals surface area contributed by atoms with E-state index in [4.69, 9.17) is 10.5 Å². The minimum atomic E-state index is -0.294. The first-order valence-corrected chi connectivity index (χ1v) is 6.63. The molecule has 0 aliphatic heterocycles. The number of nitrogens with two attached hydrogens (primary N) is 1. The fourth-order valence-corrected chi connectivity index (χ4v) is 1.76. The summed E-state index contributed by atoms with van der Waals surface area (Å²) < 4.78 is 17.8. The van der Waals surface area contributed by atoms with E-state index in [1.54, 1.807) is 19.2 Å². The molecule has 0 saturated carbocycles. The highest BCUT2D eigenvalue weighted by Crippen LogP contribution is 2.14. The first-order chi connectivity index (χ1) is 9.67. The molecule has 0 heterocycles. The van der Waals surface area contributed by atoms with E-state index >= 15 is 0 Å². The van der Waals surface area contributed by atoms with Gasteiger partial charge in [-0.05, 0) is 37.2 Å². The first kappa shape index (κ1) is 16.4. The van der Waals surface area contributed by atoms with Crippen molar-refractivity contribution in [3.8, 4) is 0 Å². The molecule has 0 aliphatic rings. The molecular weight excluding hydrogens is 261 g/mol. The molecule has 6 heteroatoms. The summed E-state index contributed by atoms with van der Waals surface area (Å²) >= 11 is 0. The number of amides is 1. The van der Waals surface area contributed by atoms with Crippen molar-refractivity contribution in [3.63, 3.8) is 0 Å². The van der Waals surface area contributed by atoms with Crippen molar-refractivity contribution in [1.29, 1.82) is 0 Å². The van der Waals surface area contributed by atoms with Gasteiger partial charge in [-0.25, -0.2) is 4.39 Å². The number of carbonyl (C=O) groups excluding carboxylic acids is 1. The number of anilines is 1. The summed E-state index contributed by atoms with van der Waals surface area (Å²) in [6, 6.07) is 6.09. The third-order valence-electron chi connectivity index (χ3n) is 2.79. The molecule has 0 atom stereocenters. The van der Waals surface area contributed by atoms with Crippen molar-refractivity contribution in [2.45, 2.75) is 6.42 Å². The standard InChI is InChI=1S/C14H22FN3O2/c1-20-10-8-17-14(19)11-18(9-2-7-16)13-5-3-12(15)4-6-13/h3-6H,2,7-11,16H2,1H3,(H,17,19). The number of nitrogens with one attached hydrogen (secondary N) is 1. The average molecular weight is 283 g/mol. The van der Waals surface area contributed by atoms with Crippen LogP contribution in [-0.4, -0.2) is 45.8 Å². The molecule has 0 aliphatic carbocycles. The number of hydrogen-bond acceptors (Lipinski definition) is 4. The van der Waals surface area contributed by atoms with Crippen LogP contribution in [0.4, 0.5) is 10.1 Å². The number of hydrogen-bond donors (Lipinski definition) is 2. The molecule has 20 heavy (non-hydrogen) atoms. The lowest BCUT2D eigenvalue weighted by molar-refractivity contribution is -0.119. The fraction of sp³-hybridized carbons (Fsp3) is 0.500. The summed E-state index contributed by atoms with van der Waals surface area (Å²) in [5, 5.41) is 2.76. The largest absolute Gasteiger partial charge is 0.383 e. The van der Waals surface area contributed by atoms with Gasteiger partial charge in [-0.2, -0.15) is 0 Å². The summed E-state index contributed by atoms with van der Waals surface area (Å²) in [6.45, 7) is 2.37. The lowest BCUT2D eigenvalue weighted by Gasteiger charge is -2.24. The van der Waals surface area contributed by atoms with Gasteiger partial charge in [0.25, 0.3) is 0 Å². The number of nitrogens with zero attached hydrogens (tertiary/aromatic N) is 1. The molecule has 0 spiro atoms. The smallest absolute Gasteiger partial charge is 0.239 e. The first-order valence-electron chi connectivity index (χ1n) is 6.63. The van der Waals surface area contributed by atoms with Gasteiger partial charge in [0, 0.05) is 25.9 Å². The summed E-state index contributed by atoms with van der Waals surface area (Å²) in [6.07, 6.45) is 0.767. The van der Waals surface area contributed by atoms with Gasteiger partial charge < -0.3 is 20.7 Å². The Kier molecular flexibility index (Phi) is 7.60.